The Hall–Kier alpha value is -0.930. The number of hydrogen-bond acceptors (Lipinski definition) is 2. The molecule has 2 nitrogen and oxygen atoms in total. The van der Waals surface area contributed by atoms with Gasteiger partial charge in [0.05, 0.1) is 0 Å². The summed E-state index contributed by atoms with van der Waals surface area (Å²) in [6.07, 6.45) is 2.33. The SMILES string of the molecule is CC1CC(N[C@@H](C)c2cccc(F)c2)CCN1C. The highest BCUT2D eigenvalue weighted by Gasteiger charge is 2.23. The van der Waals surface area contributed by atoms with Crippen molar-refractivity contribution in [3.63, 3.8) is 0 Å². The number of nitrogens with one attached hydrogen (secondary N) is 1. The van der Waals surface area contributed by atoms with Crippen molar-refractivity contribution in [2.45, 2.75) is 44.8 Å². The monoisotopic (exact) mass is 250 g/mol. The second-order valence-corrected chi connectivity index (χ2v) is 5.49. The van der Waals surface area contributed by atoms with Crippen LogP contribution < -0.4 is 5.32 Å². The van der Waals surface area contributed by atoms with E-state index in [0.29, 0.717) is 12.1 Å². The predicted octanol–water partition coefficient (Wildman–Crippen LogP) is 2.96. The van der Waals surface area contributed by atoms with E-state index < -0.39 is 0 Å². The molecule has 1 N–H and O–H groups in total. The highest BCUT2D eigenvalue weighted by molar-refractivity contribution is 5.19. The third-order valence-corrected chi connectivity index (χ3v) is 4.04. The molecule has 0 bridgehead atoms. The van der Waals surface area contributed by atoms with Crippen molar-refractivity contribution in [3.8, 4) is 0 Å². The summed E-state index contributed by atoms with van der Waals surface area (Å²) >= 11 is 0. The van der Waals surface area contributed by atoms with Crippen molar-refractivity contribution in [3.05, 3.63) is 35.6 Å². The number of nitrogens with zero attached hydrogens (tertiary/aromatic N) is 1. The van der Waals surface area contributed by atoms with Crippen LogP contribution in [0.15, 0.2) is 24.3 Å². The van der Waals surface area contributed by atoms with Crippen LogP contribution in [0.3, 0.4) is 0 Å². The van der Waals surface area contributed by atoms with Crippen molar-refractivity contribution >= 4 is 0 Å². The number of likely N-dealkylation sites (tertiary alicyclic amines) is 1. The lowest BCUT2D eigenvalue weighted by atomic mass is 9.97. The van der Waals surface area contributed by atoms with Gasteiger partial charge in [-0.2, -0.15) is 0 Å². The fourth-order valence-corrected chi connectivity index (χ4v) is 2.67. The average Bonchev–Trinajstić information content (AvgIpc) is 2.34. The molecule has 0 amide bonds. The highest BCUT2D eigenvalue weighted by atomic mass is 19.1. The molecule has 100 valence electrons. The van der Waals surface area contributed by atoms with Gasteiger partial charge in [0.1, 0.15) is 5.82 Å². The van der Waals surface area contributed by atoms with Crippen LogP contribution in [-0.2, 0) is 0 Å². The zero-order valence-corrected chi connectivity index (χ0v) is 11.5. The number of benzene rings is 1. The van der Waals surface area contributed by atoms with Gasteiger partial charge in [-0.25, -0.2) is 4.39 Å². The van der Waals surface area contributed by atoms with Crippen LogP contribution in [0.5, 0.6) is 0 Å². The Morgan fingerprint density at radius 2 is 2.22 bits per heavy atom. The van der Waals surface area contributed by atoms with Crippen LogP contribution in [0.4, 0.5) is 4.39 Å². The Balaban J connectivity index is 1.93. The quantitative estimate of drug-likeness (QED) is 0.887. The van der Waals surface area contributed by atoms with Gasteiger partial charge >= 0.3 is 0 Å². The van der Waals surface area contributed by atoms with Crippen molar-refractivity contribution in [2.24, 2.45) is 0 Å². The first-order valence-electron chi connectivity index (χ1n) is 6.78. The van der Waals surface area contributed by atoms with Crippen LogP contribution in [0.1, 0.15) is 38.3 Å². The Morgan fingerprint density at radius 1 is 1.44 bits per heavy atom. The lowest BCUT2D eigenvalue weighted by Crippen LogP contribution is -2.46. The molecule has 2 unspecified atom stereocenters. The van der Waals surface area contributed by atoms with Crippen molar-refractivity contribution in [1.82, 2.24) is 10.2 Å². The number of piperidine rings is 1. The molecule has 1 aliphatic heterocycles. The maximum absolute atomic E-state index is 13.2. The molecule has 0 spiro atoms. The van der Waals surface area contributed by atoms with Gasteiger partial charge in [0.2, 0.25) is 0 Å². The lowest BCUT2D eigenvalue weighted by molar-refractivity contribution is 0.163. The first kappa shape index (κ1) is 13.5. The number of hydrogen-bond donors (Lipinski definition) is 1. The normalized spacial score (nSPS) is 27.1. The standard InChI is InChI=1S/C15H23FN2/c1-11-9-15(7-8-18(11)3)17-12(2)13-5-4-6-14(16)10-13/h4-6,10-12,15,17H,7-9H2,1-3H3/t11?,12-,15?/m0/s1. The molecular formula is C15H23FN2. The van der Waals surface area contributed by atoms with Gasteiger partial charge in [0.25, 0.3) is 0 Å². The van der Waals surface area contributed by atoms with Gasteiger partial charge in [0, 0.05) is 18.1 Å². The Bertz CT molecular complexity index is 394. The first-order chi connectivity index (χ1) is 8.56. The van der Waals surface area contributed by atoms with E-state index in [1.54, 1.807) is 12.1 Å². The minimum absolute atomic E-state index is 0.155. The van der Waals surface area contributed by atoms with E-state index in [-0.39, 0.29) is 11.9 Å². The summed E-state index contributed by atoms with van der Waals surface area (Å²) in [5, 5.41) is 3.62. The summed E-state index contributed by atoms with van der Waals surface area (Å²) in [6, 6.07) is 8.25. The molecule has 1 fully saturated rings. The van der Waals surface area contributed by atoms with E-state index in [1.165, 1.54) is 12.5 Å². The predicted molar refractivity (Wildman–Crippen MR) is 73.1 cm³/mol. The summed E-state index contributed by atoms with van der Waals surface area (Å²) in [4.78, 5) is 2.39. The highest BCUT2D eigenvalue weighted by Crippen LogP contribution is 2.20. The summed E-state index contributed by atoms with van der Waals surface area (Å²) in [6.45, 7) is 5.51. The molecule has 0 radical (unpaired) electrons. The topological polar surface area (TPSA) is 15.3 Å². The van der Waals surface area contributed by atoms with E-state index in [1.807, 2.05) is 6.07 Å². The van der Waals surface area contributed by atoms with Crippen LogP contribution >= 0.6 is 0 Å². The minimum Gasteiger partial charge on any atom is -0.307 e. The molecule has 2 rings (SSSR count). The summed E-state index contributed by atoms with van der Waals surface area (Å²) in [5.74, 6) is -0.155. The van der Waals surface area contributed by atoms with Crippen LogP contribution in [0.2, 0.25) is 0 Å². The summed E-state index contributed by atoms with van der Waals surface area (Å²) in [7, 11) is 2.18. The molecule has 0 aromatic heterocycles. The molecule has 1 heterocycles. The molecule has 3 atom stereocenters. The van der Waals surface area contributed by atoms with Gasteiger partial charge in [-0.3, -0.25) is 0 Å². The smallest absolute Gasteiger partial charge is 0.123 e. The van der Waals surface area contributed by atoms with Gasteiger partial charge in [-0.1, -0.05) is 12.1 Å². The Morgan fingerprint density at radius 3 is 2.89 bits per heavy atom. The van der Waals surface area contributed by atoms with Crippen molar-refractivity contribution in [2.75, 3.05) is 13.6 Å². The molecular weight excluding hydrogens is 227 g/mol. The fraction of sp³-hybridized carbons (Fsp3) is 0.600. The third kappa shape index (κ3) is 3.30. The molecule has 18 heavy (non-hydrogen) atoms. The first-order valence-corrected chi connectivity index (χ1v) is 6.78. The number of halogens is 1. The second-order valence-electron chi connectivity index (χ2n) is 5.49. The van der Waals surface area contributed by atoms with Gasteiger partial charge in [-0.15, -0.1) is 0 Å². The molecule has 0 aliphatic carbocycles. The minimum atomic E-state index is -0.155. The van der Waals surface area contributed by atoms with E-state index in [2.05, 4.69) is 31.1 Å². The zero-order chi connectivity index (χ0) is 13.1. The van der Waals surface area contributed by atoms with Crippen molar-refractivity contribution in [1.29, 1.82) is 0 Å². The van der Waals surface area contributed by atoms with Gasteiger partial charge in [-0.05, 0) is 58.0 Å². The lowest BCUT2D eigenvalue weighted by Gasteiger charge is -2.36. The van der Waals surface area contributed by atoms with Crippen LogP contribution in [-0.4, -0.2) is 30.6 Å². The van der Waals surface area contributed by atoms with E-state index >= 15 is 0 Å². The Kier molecular flexibility index (Phi) is 4.36. The maximum Gasteiger partial charge on any atom is 0.123 e. The maximum atomic E-state index is 13.2. The van der Waals surface area contributed by atoms with Crippen LogP contribution in [0, 0.1) is 5.82 Å². The largest absolute Gasteiger partial charge is 0.307 e. The molecule has 1 aromatic rings. The molecule has 1 aliphatic rings. The van der Waals surface area contributed by atoms with Gasteiger partial charge in [0.15, 0.2) is 0 Å². The van der Waals surface area contributed by atoms with Crippen LogP contribution in [0.25, 0.3) is 0 Å². The van der Waals surface area contributed by atoms with E-state index in [4.69, 9.17) is 0 Å². The van der Waals surface area contributed by atoms with E-state index in [9.17, 15) is 4.39 Å². The molecule has 1 saturated heterocycles. The zero-order valence-electron chi connectivity index (χ0n) is 11.5. The van der Waals surface area contributed by atoms with Gasteiger partial charge < -0.3 is 10.2 Å². The van der Waals surface area contributed by atoms with E-state index in [0.717, 1.165) is 18.5 Å². The van der Waals surface area contributed by atoms with Crippen molar-refractivity contribution < 1.29 is 4.39 Å². The fourth-order valence-electron chi connectivity index (χ4n) is 2.67. The Labute approximate surface area is 109 Å². The third-order valence-electron chi connectivity index (χ3n) is 4.04. The second kappa shape index (κ2) is 5.81. The average molecular weight is 250 g/mol. The molecule has 3 heteroatoms. The summed E-state index contributed by atoms with van der Waals surface area (Å²) in [5.41, 5.74) is 1.03. The number of rotatable bonds is 3. The summed E-state index contributed by atoms with van der Waals surface area (Å²) < 4.78 is 13.2. The molecule has 1 aromatic carbocycles. The molecule has 0 saturated carbocycles.